The van der Waals surface area contributed by atoms with Crippen molar-refractivity contribution in [1.29, 1.82) is 0 Å². The number of hydrogen-bond donors (Lipinski definition) is 2. The highest BCUT2D eigenvalue weighted by molar-refractivity contribution is 5.86. The molecule has 2 unspecified atom stereocenters. The summed E-state index contributed by atoms with van der Waals surface area (Å²) in [5.41, 5.74) is 0.120. The normalized spacial score (nSPS) is 25.2. The number of methoxy groups -OCH3 is 2. The third kappa shape index (κ3) is 2.97. The number of piperidine rings is 1. The van der Waals surface area contributed by atoms with Crippen molar-refractivity contribution in [2.75, 3.05) is 32.6 Å². The average molecular weight is 292 g/mol. The van der Waals surface area contributed by atoms with Crippen LogP contribution in [0.4, 0.5) is 5.69 Å². The topological polar surface area (TPSA) is 59.6 Å². The van der Waals surface area contributed by atoms with Crippen LogP contribution in [-0.2, 0) is 9.53 Å². The van der Waals surface area contributed by atoms with Gasteiger partial charge < -0.3 is 20.1 Å². The van der Waals surface area contributed by atoms with Gasteiger partial charge in [-0.3, -0.25) is 0 Å². The summed E-state index contributed by atoms with van der Waals surface area (Å²) in [6, 6.07) is 7.65. The van der Waals surface area contributed by atoms with Crippen molar-refractivity contribution in [2.24, 2.45) is 5.92 Å². The van der Waals surface area contributed by atoms with Gasteiger partial charge in [0.2, 0.25) is 0 Å². The first-order valence-electron chi connectivity index (χ1n) is 7.38. The highest BCUT2D eigenvalue weighted by Gasteiger charge is 2.47. The zero-order chi connectivity index (χ0) is 15.3. The lowest BCUT2D eigenvalue weighted by Gasteiger charge is -2.43. The predicted octanol–water partition coefficient (Wildman–Crippen LogP) is 2.04. The number of benzene rings is 1. The van der Waals surface area contributed by atoms with E-state index in [-0.39, 0.29) is 11.9 Å². The summed E-state index contributed by atoms with van der Waals surface area (Å²) in [5, 5.41) is 6.78. The average Bonchev–Trinajstić information content (AvgIpc) is 2.54. The number of anilines is 1. The van der Waals surface area contributed by atoms with Crippen LogP contribution < -0.4 is 15.4 Å². The predicted molar refractivity (Wildman–Crippen MR) is 82.6 cm³/mol. The van der Waals surface area contributed by atoms with Crippen LogP contribution in [0.2, 0.25) is 0 Å². The smallest absolute Gasteiger partial charge is 0.331 e. The molecule has 1 aliphatic heterocycles. The molecule has 1 fully saturated rings. The van der Waals surface area contributed by atoms with E-state index in [1.807, 2.05) is 24.3 Å². The molecule has 116 valence electrons. The van der Waals surface area contributed by atoms with E-state index >= 15 is 0 Å². The second-order valence-electron chi connectivity index (χ2n) is 5.35. The molecule has 0 bridgehead atoms. The molecule has 21 heavy (non-hydrogen) atoms. The summed E-state index contributed by atoms with van der Waals surface area (Å²) in [4.78, 5) is 12.5. The summed E-state index contributed by atoms with van der Waals surface area (Å²) in [6.45, 7) is 3.68. The largest absolute Gasteiger partial charge is 0.495 e. The number of ether oxygens (including phenoxy) is 2. The van der Waals surface area contributed by atoms with E-state index in [1.165, 1.54) is 7.11 Å². The molecule has 1 aromatic carbocycles. The van der Waals surface area contributed by atoms with Crippen LogP contribution in [0, 0.1) is 5.92 Å². The lowest BCUT2D eigenvalue weighted by molar-refractivity contribution is -0.149. The Morgan fingerprint density at radius 1 is 1.43 bits per heavy atom. The fourth-order valence-corrected chi connectivity index (χ4v) is 3.09. The van der Waals surface area contributed by atoms with Gasteiger partial charge in [-0.25, -0.2) is 4.79 Å². The summed E-state index contributed by atoms with van der Waals surface area (Å²) in [7, 11) is 3.08. The Kier molecular flexibility index (Phi) is 5.07. The van der Waals surface area contributed by atoms with Gasteiger partial charge in [0.25, 0.3) is 0 Å². The number of nitrogens with one attached hydrogen (secondary N) is 2. The maximum absolute atomic E-state index is 12.5. The monoisotopic (exact) mass is 292 g/mol. The Hall–Kier alpha value is -1.75. The first kappa shape index (κ1) is 15.6. The van der Waals surface area contributed by atoms with Crippen molar-refractivity contribution in [1.82, 2.24) is 5.32 Å². The zero-order valence-corrected chi connectivity index (χ0v) is 12.9. The Morgan fingerprint density at radius 3 is 2.86 bits per heavy atom. The molecule has 2 N–H and O–H groups in total. The van der Waals surface area contributed by atoms with Crippen LogP contribution >= 0.6 is 0 Å². The van der Waals surface area contributed by atoms with Gasteiger partial charge in [-0.2, -0.15) is 0 Å². The van der Waals surface area contributed by atoms with Gasteiger partial charge in [-0.05, 0) is 31.5 Å². The van der Waals surface area contributed by atoms with Crippen molar-refractivity contribution in [3.8, 4) is 5.75 Å². The van der Waals surface area contributed by atoms with Crippen molar-refractivity contribution in [3.05, 3.63) is 24.3 Å². The molecule has 0 amide bonds. The Bertz CT molecular complexity index is 492. The van der Waals surface area contributed by atoms with Crippen molar-refractivity contribution >= 4 is 11.7 Å². The summed E-state index contributed by atoms with van der Waals surface area (Å²) < 4.78 is 10.5. The molecule has 1 saturated heterocycles. The number of para-hydroxylation sites is 2. The molecule has 2 rings (SSSR count). The first-order valence-corrected chi connectivity index (χ1v) is 7.38. The molecule has 0 aromatic heterocycles. The first-order chi connectivity index (χ1) is 10.2. The molecule has 0 aliphatic carbocycles. The van der Waals surface area contributed by atoms with Gasteiger partial charge in [0.15, 0.2) is 0 Å². The molecular weight excluding hydrogens is 268 g/mol. The molecule has 0 saturated carbocycles. The van der Waals surface area contributed by atoms with Crippen LogP contribution in [0.25, 0.3) is 0 Å². The number of carbonyl (C=O) groups is 1. The second-order valence-corrected chi connectivity index (χ2v) is 5.35. The lowest BCUT2D eigenvalue weighted by atomic mass is 9.76. The quantitative estimate of drug-likeness (QED) is 0.813. The van der Waals surface area contributed by atoms with E-state index in [4.69, 9.17) is 9.47 Å². The minimum atomic E-state index is -0.705. The SMILES string of the molecule is CCC1CNCCC1(Nc1ccccc1OC)C(=O)OC. The Balaban J connectivity index is 2.38. The van der Waals surface area contributed by atoms with Gasteiger partial charge in [0.05, 0.1) is 19.9 Å². The Morgan fingerprint density at radius 2 is 2.19 bits per heavy atom. The van der Waals surface area contributed by atoms with E-state index in [1.54, 1.807) is 7.11 Å². The van der Waals surface area contributed by atoms with Gasteiger partial charge in [0, 0.05) is 12.5 Å². The van der Waals surface area contributed by atoms with Crippen LogP contribution in [0.5, 0.6) is 5.75 Å². The van der Waals surface area contributed by atoms with Crippen LogP contribution in [0.3, 0.4) is 0 Å². The molecule has 0 spiro atoms. The standard InChI is InChI=1S/C16H24N2O3/c1-4-12-11-17-10-9-16(12,15(19)21-3)18-13-7-5-6-8-14(13)20-2/h5-8,12,17-18H,4,9-11H2,1-3H3. The molecule has 0 radical (unpaired) electrons. The molecule has 1 heterocycles. The van der Waals surface area contributed by atoms with E-state index in [2.05, 4.69) is 17.6 Å². The molecule has 1 aliphatic rings. The molecule has 5 heteroatoms. The maximum atomic E-state index is 12.5. The Labute approximate surface area is 126 Å². The second kappa shape index (κ2) is 6.80. The minimum Gasteiger partial charge on any atom is -0.495 e. The van der Waals surface area contributed by atoms with Gasteiger partial charge >= 0.3 is 5.97 Å². The number of rotatable bonds is 5. The van der Waals surface area contributed by atoms with Crippen molar-refractivity contribution in [3.63, 3.8) is 0 Å². The van der Waals surface area contributed by atoms with Gasteiger partial charge in [-0.15, -0.1) is 0 Å². The lowest BCUT2D eigenvalue weighted by Crippen LogP contribution is -2.60. The highest BCUT2D eigenvalue weighted by atomic mass is 16.5. The van der Waals surface area contributed by atoms with Gasteiger partial charge in [0.1, 0.15) is 11.3 Å². The molecule has 5 nitrogen and oxygen atoms in total. The van der Waals surface area contributed by atoms with Crippen LogP contribution in [0.1, 0.15) is 19.8 Å². The molecular formula is C16H24N2O3. The van der Waals surface area contributed by atoms with Crippen molar-refractivity contribution in [2.45, 2.75) is 25.3 Å². The number of carbonyl (C=O) groups excluding carboxylic acids is 1. The fraction of sp³-hybridized carbons (Fsp3) is 0.562. The third-order valence-electron chi connectivity index (χ3n) is 4.29. The highest BCUT2D eigenvalue weighted by Crippen LogP contribution is 2.35. The van der Waals surface area contributed by atoms with Gasteiger partial charge in [-0.1, -0.05) is 19.1 Å². The summed E-state index contributed by atoms with van der Waals surface area (Å²) in [5.74, 6) is 0.694. The summed E-state index contributed by atoms with van der Waals surface area (Å²) >= 11 is 0. The third-order valence-corrected chi connectivity index (χ3v) is 4.29. The van der Waals surface area contributed by atoms with Crippen molar-refractivity contribution < 1.29 is 14.3 Å². The van der Waals surface area contributed by atoms with E-state index in [0.717, 1.165) is 30.9 Å². The van der Waals surface area contributed by atoms with E-state index < -0.39 is 5.54 Å². The van der Waals surface area contributed by atoms with E-state index in [9.17, 15) is 4.79 Å². The van der Waals surface area contributed by atoms with Crippen LogP contribution in [-0.4, -0.2) is 38.8 Å². The minimum absolute atomic E-state index is 0.170. The fourth-order valence-electron chi connectivity index (χ4n) is 3.09. The maximum Gasteiger partial charge on any atom is 0.331 e. The zero-order valence-electron chi connectivity index (χ0n) is 12.9. The van der Waals surface area contributed by atoms with Crippen LogP contribution in [0.15, 0.2) is 24.3 Å². The molecule has 2 atom stereocenters. The molecule has 1 aromatic rings. The number of hydrogen-bond acceptors (Lipinski definition) is 5. The summed E-state index contributed by atoms with van der Waals surface area (Å²) in [6.07, 6.45) is 1.58. The van der Waals surface area contributed by atoms with E-state index in [0.29, 0.717) is 6.42 Å². The number of esters is 1.